The Balaban J connectivity index is 1.56. The van der Waals surface area contributed by atoms with Crippen LogP contribution in [0.1, 0.15) is 49.4 Å². The van der Waals surface area contributed by atoms with Crippen LogP contribution in [0.4, 0.5) is 5.69 Å². The summed E-state index contributed by atoms with van der Waals surface area (Å²) in [5.74, 6) is 0.454. The molecule has 0 saturated heterocycles. The number of hydrogen-bond acceptors (Lipinski definition) is 3. The summed E-state index contributed by atoms with van der Waals surface area (Å²) in [5.41, 5.74) is 3.05. The van der Waals surface area contributed by atoms with Crippen molar-refractivity contribution in [1.82, 2.24) is 10.3 Å². The standard InChI is InChI=1S/C27H31N3O/c31-27(30-26(22-14-6-2-7-15-22)24-18-10-11-19-28-24)25(20-21-12-4-1-5-13-21)29-23-16-8-3-9-17-23/h1,3-5,8-13,16-19,22,25-26,29H,2,6-7,14-15,20H2,(H,30,31)/t25-,26?/m1/s1. The van der Waals surface area contributed by atoms with E-state index in [0.717, 1.165) is 29.8 Å². The van der Waals surface area contributed by atoms with E-state index in [9.17, 15) is 4.79 Å². The zero-order valence-corrected chi connectivity index (χ0v) is 17.9. The average Bonchev–Trinajstić information content (AvgIpc) is 2.84. The second kappa shape index (κ2) is 10.8. The van der Waals surface area contributed by atoms with Crippen LogP contribution in [-0.2, 0) is 11.2 Å². The van der Waals surface area contributed by atoms with Gasteiger partial charge in [0.05, 0.1) is 11.7 Å². The number of benzene rings is 2. The maximum Gasteiger partial charge on any atom is 0.243 e. The van der Waals surface area contributed by atoms with Crippen LogP contribution in [0.2, 0.25) is 0 Å². The van der Waals surface area contributed by atoms with Gasteiger partial charge in [0.15, 0.2) is 0 Å². The van der Waals surface area contributed by atoms with Crippen molar-refractivity contribution in [1.29, 1.82) is 0 Å². The second-order valence-electron chi connectivity index (χ2n) is 8.39. The average molecular weight is 414 g/mol. The van der Waals surface area contributed by atoms with Crippen LogP contribution in [0.15, 0.2) is 85.1 Å². The fourth-order valence-electron chi connectivity index (χ4n) is 4.51. The van der Waals surface area contributed by atoms with E-state index in [0.29, 0.717) is 12.3 Å². The third-order valence-corrected chi connectivity index (χ3v) is 6.14. The molecule has 2 aromatic carbocycles. The summed E-state index contributed by atoms with van der Waals surface area (Å²) in [4.78, 5) is 18.2. The number of para-hydroxylation sites is 1. The van der Waals surface area contributed by atoms with Crippen LogP contribution in [0.25, 0.3) is 0 Å². The molecule has 0 aliphatic heterocycles. The smallest absolute Gasteiger partial charge is 0.243 e. The Labute approximate surface area is 185 Å². The molecule has 1 heterocycles. The molecular weight excluding hydrogens is 382 g/mol. The normalized spacial score (nSPS) is 16.3. The molecule has 1 saturated carbocycles. The first-order chi connectivity index (χ1) is 15.3. The molecule has 1 aromatic heterocycles. The van der Waals surface area contributed by atoms with Gasteiger partial charge in [-0.25, -0.2) is 0 Å². The van der Waals surface area contributed by atoms with Crippen LogP contribution >= 0.6 is 0 Å². The number of hydrogen-bond donors (Lipinski definition) is 2. The van der Waals surface area contributed by atoms with Crippen LogP contribution < -0.4 is 10.6 Å². The molecule has 0 bridgehead atoms. The Hall–Kier alpha value is -3.14. The molecule has 1 aliphatic carbocycles. The molecule has 4 nitrogen and oxygen atoms in total. The topological polar surface area (TPSA) is 54.0 Å². The monoisotopic (exact) mass is 413 g/mol. The fraction of sp³-hybridized carbons (Fsp3) is 0.333. The van der Waals surface area contributed by atoms with Gasteiger partial charge < -0.3 is 10.6 Å². The predicted molar refractivity (Wildman–Crippen MR) is 126 cm³/mol. The Morgan fingerprint density at radius 1 is 0.871 bits per heavy atom. The van der Waals surface area contributed by atoms with Crippen molar-refractivity contribution in [2.24, 2.45) is 5.92 Å². The number of aromatic nitrogens is 1. The molecule has 31 heavy (non-hydrogen) atoms. The number of nitrogens with one attached hydrogen (secondary N) is 2. The third kappa shape index (κ3) is 5.94. The minimum Gasteiger partial charge on any atom is -0.373 e. The zero-order chi connectivity index (χ0) is 21.3. The summed E-state index contributed by atoms with van der Waals surface area (Å²) in [5, 5.41) is 6.83. The first kappa shape index (κ1) is 21.1. The van der Waals surface area contributed by atoms with Crippen molar-refractivity contribution in [3.63, 3.8) is 0 Å². The summed E-state index contributed by atoms with van der Waals surface area (Å²) in [6.07, 6.45) is 8.45. The van der Waals surface area contributed by atoms with Crippen molar-refractivity contribution in [3.05, 3.63) is 96.3 Å². The van der Waals surface area contributed by atoms with Gasteiger partial charge in [0.1, 0.15) is 6.04 Å². The number of anilines is 1. The quantitative estimate of drug-likeness (QED) is 0.510. The summed E-state index contributed by atoms with van der Waals surface area (Å²) in [6.45, 7) is 0. The van der Waals surface area contributed by atoms with E-state index >= 15 is 0 Å². The van der Waals surface area contributed by atoms with E-state index < -0.39 is 0 Å². The Kier molecular flexibility index (Phi) is 7.32. The molecule has 2 atom stereocenters. The van der Waals surface area contributed by atoms with Crippen molar-refractivity contribution >= 4 is 11.6 Å². The molecule has 0 radical (unpaired) electrons. The van der Waals surface area contributed by atoms with Gasteiger partial charge in [-0.1, -0.05) is 73.9 Å². The van der Waals surface area contributed by atoms with Crippen molar-refractivity contribution in [2.75, 3.05) is 5.32 Å². The minimum atomic E-state index is -0.361. The van der Waals surface area contributed by atoms with Crippen molar-refractivity contribution in [2.45, 2.75) is 50.6 Å². The highest BCUT2D eigenvalue weighted by Gasteiger charge is 2.30. The van der Waals surface area contributed by atoms with Crippen LogP contribution in [0.3, 0.4) is 0 Å². The molecule has 1 fully saturated rings. The van der Waals surface area contributed by atoms with Gasteiger partial charge >= 0.3 is 0 Å². The number of amides is 1. The molecule has 3 aromatic rings. The largest absolute Gasteiger partial charge is 0.373 e. The number of carbonyl (C=O) groups excluding carboxylic acids is 1. The van der Waals surface area contributed by atoms with Crippen LogP contribution in [0.5, 0.6) is 0 Å². The second-order valence-corrected chi connectivity index (χ2v) is 8.39. The highest BCUT2D eigenvalue weighted by Crippen LogP contribution is 2.34. The Morgan fingerprint density at radius 3 is 2.23 bits per heavy atom. The molecule has 1 amide bonds. The van der Waals surface area contributed by atoms with Gasteiger partial charge in [0, 0.05) is 18.3 Å². The summed E-state index contributed by atoms with van der Waals surface area (Å²) < 4.78 is 0. The summed E-state index contributed by atoms with van der Waals surface area (Å²) in [7, 11) is 0. The first-order valence-electron chi connectivity index (χ1n) is 11.4. The maximum absolute atomic E-state index is 13.6. The molecule has 4 rings (SSSR count). The van der Waals surface area contributed by atoms with E-state index in [2.05, 4.69) is 27.8 Å². The van der Waals surface area contributed by atoms with Crippen molar-refractivity contribution in [3.8, 4) is 0 Å². The molecular formula is C27H31N3O. The molecule has 0 spiro atoms. The number of pyridine rings is 1. The first-order valence-corrected chi connectivity index (χ1v) is 11.4. The molecule has 4 heteroatoms. The van der Waals surface area contributed by atoms with Gasteiger partial charge in [-0.2, -0.15) is 0 Å². The Bertz CT molecular complexity index is 883. The van der Waals surface area contributed by atoms with E-state index in [4.69, 9.17) is 0 Å². The highest BCUT2D eigenvalue weighted by atomic mass is 16.2. The molecule has 2 N–H and O–H groups in total. The van der Waals surface area contributed by atoms with Gasteiger partial charge in [-0.05, 0) is 48.6 Å². The maximum atomic E-state index is 13.6. The third-order valence-electron chi connectivity index (χ3n) is 6.14. The highest BCUT2D eigenvalue weighted by molar-refractivity contribution is 5.85. The number of carbonyl (C=O) groups is 1. The van der Waals surface area contributed by atoms with E-state index in [1.54, 1.807) is 0 Å². The summed E-state index contributed by atoms with van der Waals surface area (Å²) in [6, 6.07) is 25.7. The van der Waals surface area contributed by atoms with Gasteiger partial charge in [-0.15, -0.1) is 0 Å². The number of nitrogens with zero attached hydrogens (tertiary/aromatic N) is 1. The Morgan fingerprint density at radius 2 is 1.55 bits per heavy atom. The number of rotatable bonds is 8. The lowest BCUT2D eigenvalue weighted by atomic mass is 9.82. The van der Waals surface area contributed by atoms with Gasteiger partial charge in [-0.3, -0.25) is 9.78 Å². The lowest BCUT2D eigenvalue weighted by Gasteiger charge is -2.32. The lowest BCUT2D eigenvalue weighted by Crippen LogP contribution is -2.45. The van der Waals surface area contributed by atoms with Gasteiger partial charge in [0.2, 0.25) is 5.91 Å². The zero-order valence-electron chi connectivity index (χ0n) is 17.9. The van der Waals surface area contributed by atoms with Crippen LogP contribution in [0, 0.1) is 5.92 Å². The lowest BCUT2D eigenvalue weighted by molar-refractivity contribution is -0.123. The minimum absolute atomic E-state index is 0.0222. The van der Waals surface area contributed by atoms with Gasteiger partial charge in [0.25, 0.3) is 0 Å². The SMILES string of the molecule is O=C(NC(c1ccccn1)C1CCCCC1)[C@@H](Cc1ccccc1)Nc1ccccc1. The predicted octanol–water partition coefficient (Wildman–Crippen LogP) is 5.54. The van der Waals surface area contributed by atoms with Crippen LogP contribution in [-0.4, -0.2) is 16.9 Å². The summed E-state index contributed by atoms with van der Waals surface area (Å²) >= 11 is 0. The molecule has 1 aliphatic rings. The van der Waals surface area contributed by atoms with Crippen molar-refractivity contribution < 1.29 is 4.79 Å². The fourth-order valence-corrected chi connectivity index (χ4v) is 4.51. The molecule has 160 valence electrons. The van der Waals surface area contributed by atoms with E-state index in [1.807, 2.05) is 72.9 Å². The van der Waals surface area contributed by atoms with E-state index in [-0.39, 0.29) is 18.0 Å². The van der Waals surface area contributed by atoms with E-state index in [1.165, 1.54) is 19.3 Å². The molecule has 1 unspecified atom stereocenters.